The van der Waals surface area contributed by atoms with Crippen LogP contribution in [0.2, 0.25) is 10.0 Å². The molecule has 102 valence electrons. The molecule has 19 heavy (non-hydrogen) atoms. The highest BCUT2D eigenvalue weighted by Crippen LogP contribution is 2.30. The minimum atomic E-state index is 0.158. The van der Waals surface area contributed by atoms with Crippen molar-refractivity contribution in [1.82, 2.24) is 14.9 Å². The van der Waals surface area contributed by atoms with Gasteiger partial charge in [-0.05, 0) is 43.1 Å². The highest BCUT2D eigenvalue weighted by Gasteiger charge is 2.19. The zero-order valence-electron chi connectivity index (χ0n) is 10.8. The lowest BCUT2D eigenvalue weighted by atomic mass is 10.0. The third-order valence-electron chi connectivity index (χ3n) is 3.04. The minimum absolute atomic E-state index is 0.158. The first-order valence-electron chi connectivity index (χ1n) is 6.08. The van der Waals surface area contributed by atoms with Gasteiger partial charge in [-0.25, -0.2) is 0 Å². The Morgan fingerprint density at radius 1 is 1.37 bits per heavy atom. The summed E-state index contributed by atoms with van der Waals surface area (Å²) < 4.78 is 4.04. The lowest BCUT2D eigenvalue weighted by Crippen LogP contribution is -2.19. The van der Waals surface area contributed by atoms with Crippen LogP contribution in [0.1, 0.15) is 29.1 Å². The number of aryl methyl sites for hydroxylation is 1. The zero-order chi connectivity index (χ0) is 13.8. The summed E-state index contributed by atoms with van der Waals surface area (Å²) in [4.78, 5) is 1.17. The molecule has 1 aromatic carbocycles. The fourth-order valence-corrected chi connectivity index (χ4v) is 3.22. The topological polar surface area (TPSA) is 37.8 Å². The number of nitrogens with one attached hydrogen (secondary N) is 1. The molecule has 1 heterocycles. The van der Waals surface area contributed by atoms with Crippen molar-refractivity contribution in [1.29, 1.82) is 0 Å². The van der Waals surface area contributed by atoms with Gasteiger partial charge in [0, 0.05) is 6.04 Å². The van der Waals surface area contributed by atoms with Crippen molar-refractivity contribution in [2.24, 2.45) is 0 Å². The van der Waals surface area contributed by atoms with Gasteiger partial charge in [0.05, 0.1) is 20.6 Å². The Hall–Kier alpha value is -0.680. The number of benzene rings is 1. The Balaban J connectivity index is 2.27. The van der Waals surface area contributed by atoms with Crippen LogP contribution < -0.4 is 5.32 Å². The van der Waals surface area contributed by atoms with Crippen LogP contribution in [0.15, 0.2) is 18.2 Å². The second-order valence-electron chi connectivity index (χ2n) is 4.20. The maximum atomic E-state index is 6.24. The standard InChI is InChI=1S/C13H15Cl2N3S/c1-3-10-13(19-18-17-10)11(16-2)7-8-5-4-6-9(14)12(8)15/h4-6,11,16H,3,7H2,1-2H3. The van der Waals surface area contributed by atoms with Crippen molar-refractivity contribution >= 4 is 34.7 Å². The highest BCUT2D eigenvalue weighted by molar-refractivity contribution is 7.05. The minimum Gasteiger partial charge on any atom is -0.312 e. The first-order valence-corrected chi connectivity index (χ1v) is 7.61. The zero-order valence-corrected chi connectivity index (χ0v) is 13.1. The van der Waals surface area contributed by atoms with E-state index in [0.29, 0.717) is 10.0 Å². The Labute approximate surface area is 127 Å². The van der Waals surface area contributed by atoms with Gasteiger partial charge < -0.3 is 5.32 Å². The predicted octanol–water partition coefficient (Wildman–Crippen LogP) is 3.91. The van der Waals surface area contributed by atoms with Gasteiger partial charge in [-0.1, -0.05) is 46.7 Å². The maximum Gasteiger partial charge on any atom is 0.0801 e. The number of hydrogen-bond donors (Lipinski definition) is 1. The molecule has 0 saturated carbocycles. The molecule has 0 bridgehead atoms. The smallest absolute Gasteiger partial charge is 0.0801 e. The molecule has 0 aliphatic rings. The number of rotatable bonds is 5. The van der Waals surface area contributed by atoms with Gasteiger partial charge in [0.15, 0.2) is 0 Å². The van der Waals surface area contributed by atoms with Crippen LogP contribution in [0.3, 0.4) is 0 Å². The monoisotopic (exact) mass is 315 g/mol. The maximum absolute atomic E-state index is 6.24. The Bertz CT molecular complexity index is 557. The molecule has 1 aromatic heterocycles. The van der Waals surface area contributed by atoms with Crippen molar-refractivity contribution in [2.75, 3.05) is 7.05 Å². The van der Waals surface area contributed by atoms with Crippen LogP contribution in [-0.2, 0) is 12.8 Å². The van der Waals surface area contributed by atoms with E-state index in [1.165, 1.54) is 16.4 Å². The van der Waals surface area contributed by atoms with Crippen LogP contribution in [0, 0.1) is 0 Å². The summed E-state index contributed by atoms with van der Waals surface area (Å²) in [5.74, 6) is 0. The molecule has 0 amide bonds. The molecule has 0 aliphatic carbocycles. The number of halogens is 2. The molecule has 0 radical (unpaired) electrons. The molecule has 3 nitrogen and oxygen atoms in total. The fraction of sp³-hybridized carbons (Fsp3) is 0.385. The molecule has 1 atom stereocenters. The molecule has 0 aliphatic heterocycles. The predicted molar refractivity (Wildman–Crippen MR) is 81.3 cm³/mol. The van der Waals surface area contributed by atoms with Crippen molar-refractivity contribution in [3.05, 3.63) is 44.4 Å². The quantitative estimate of drug-likeness (QED) is 0.909. The summed E-state index contributed by atoms with van der Waals surface area (Å²) in [5.41, 5.74) is 2.08. The summed E-state index contributed by atoms with van der Waals surface area (Å²) >= 11 is 13.7. The Kier molecular flexibility index (Phi) is 5.16. The molecule has 1 N–H and O–H groups in total. The molecular formula is C13H15Cl2N3S. The summed E-state index contributed by atoms with van der Waals surface area (Å²) in [6.07, 6.45) is 1.65. The molecule has 1 unspecified atom stereocenters. The summed E-state index contributed by atoms with van der Waals surface area (Å²) in [7, 11) is 1.93. The number of likely N-dealkylation sites (N-methyl/N-ethyl adjacent to an activating group) is 1. The van der Waals surface area contributed by atoms with Gasteiger partial charge in [0.2, 0.25) is 0 Å². The lowest BCUT2D eigenvalue weighted by molar-refractivity contribution is 0.595. The first-order chi connectivity index (χ1) is 9.17. The molecule has 2 rings (SSSR count). The molecule has 0 fully saturated rings. The van der Waals surface area contributed by atoms with Gasteiger partial charge in [-0.2, -0.15) is 0 Å². The van der Waals surface area contributed by atoms with Crippen molar-refractivity contribution in [3.63, 3.8) is 0 Å². The highest BCUT2D eigenvalue weighted by atomic mass is 35.5. The average Bonchev–Trinajstić information content (AvgIpc) is 2.88. The van der Waals surface area contributed by atoms with Gasteiger partial charge in [-0.3, -0.25) is 0 Å². The number of nitrogens with zero attached hydrogens (tertiary/aromatic N) is 2. The summed E-state index contributed by atoms with van der Waals surface area (Å²) in [5, 5.41) is 8.67. The van der Waals surface area contributed by atoms with Crippen LogP contribution in [0.4, 0.5) is 0 Å². The number of aromatic nitrogens is 2. The lowest BCUT2D eigenvalue weighted by Gasteiger charge is -2.16. The fourth-order valence-electron chi connectivity index (χ4n) is 1.98. The van der Waals surface area contributed by atoms with E-state index in [2.05, 4.69) is 21.8 Å². The second-order valence-corrected chi connectivity index (χ2v) is 5.77. The third kappa shape index (κ3) is 3.26. The van der Waals surface area contributed by atoms with Gasteiger partial charge in [0.1, 0.15) is 0 Å². The third-order valence-corrected chi connectivity index (χ3v) is 4.78. The van der Waals surface area contributed by atoms with E-state index in [0.717, 1.165) is 24.1 Å². The molecule has 6 heteroatoms. The van der Waals surface area contributed by atoms with Gasteiger partial charge in [0.25, 0.3) is 0 Å². The van der Waals surface area contributed by atoms with E-state index in [-0.39, 0.29) is 6.04 Å². The second kappa shape index (κ2) is 6.66. The van der Waals surface area contributed by atoms with Crippen LogP contribution in [0.5, 0.6) is 0 Å². The summed E-state index contributed by atoms with van der Waals surface area (Å²) in [6.45, 7) is 2.08. The van der Waals surface area contributed by atoms with Crippen molar-refractivity contribution in [2.45, 2.75) is 25.8 Å². The van der Waals surface area contributed by atoms with Crippen LogP contribution in [0.25, 0.3) is 0 Å². The van der Waals surface area contributed by atoms with Crippen molar-refractivity contribution < 1.29 is 0 Å². The number of hydrogen-bond acceptors (Lipinski definition) is 4. The molecule has 0 spiro atoms. The van der Waals surface area contributed by atoms with E-state index in [4.69, 9.17) is 23.2 Å². The van der Waals surface area contributed by atoms with Gasteiger partial charge in [-0.15, -0.1) is 5.10 Å². The molecule has 2 aromatic rings. The van der Waals surface area contributed by atoms with Crippen LogP contribution >= 0.6 is 34.7 Å². The molecular weight excluding hydrogens is 301 g/mol. The molecule has 0 saturated heterocycles. The Morgan fingerprint density at radius 2 is 2.16 bits per heavy atom. The SMILES string of the molecule is CCc1nnsc1C(Cc1cccc(Cl)c1Cl)NC. The van der Waals surface area contributed by atoms with Crippen LogP contribution in [-0.4, -0.2) is 16.6 Å². The first kappa shape index (κ1) is 14.7. The van der Waals surface area contributed by atoms with E-state index < -0.39 is 0 Å². The average molecular weight is 316 g/mol. The van der Waals surface area contributed by atoms with Crippen molar-refractivity contribution in [3.8, 4) is 0 Å². The van der Waals surface area contributed by atoms with E-state index >= 15 is 0 Å². The summed E-state index contributed by atoms with van der Waals surface area (Å²) in [6, 6.07) is 5.87. The normalized spacial score (nSPS) is 12.6. The van der Waals surface area contributed by atoms with E-state index in [9.17, 15) is 0 Å². The van der Waals surface area contributed by atoms with E-state index in [1.807, 2.05) is 19.2 Å². The largest absolute Gasteiger partial charge is 0.312 e. The van der Waals surface area contributed by atoms with Gasteiger partial charge >= 0.3 is 0 Å². The Morgan fingerprint density at radius 3 is 2.84 bits per heavy atom. The van der Waals surface area contributed by atoms with E-state index in [1.54, 1.807) is 6.07 Å².